The van der Waals surface area contributed by atoms with Crippen molar-refractivity contribution in [2.75, 3.05) is 6.54 Å². The van der Waals surface area contributed by atoms with Crippen LogP contribution < -0.4 is 0 Å². The van der Waals surface area contributed by atoms with Gasteiger partial charge in [0.25, 0.3) is 5.91 Å². The van der Waals surface area contributed by atoms with Gasteiger partial charge in [-0.1, -0.05) is 30.3 Å². The van der Waals surface area contributed by atoms with Crippen LogP contribution >= 0.6 is 0 Å². The zero-order chi connectivity index (χ0) is 12.4. The van der Waals surface area contributed by atoms with Gasteiger partial charge in [-0.3, -0.25) is 4.79 Å². The molecule has 92 valence electrons. The molecule has 0 unspecified atom stereocenters. The number of likely N-dealkylation sites (tertiary alicyclic amines) is 1. The summed E-state index contributed by atoms with van der Waals surface area (Å²) in [5, 5.41) is 0. The summed E-state index contributed by atoms with van der Waals surface area (Å²) in [6.45, 7) is 0.783. The van der Waals surface area contributed by atoms with Gasteiger partial charge in [0, 0.05) is 6.54 Å². The average molecular weight is 242 g/mol. The molecule has 1 aliphatic heterocycles. The molecule has 1 aromatic heterocycles. The normalized spacial score (nSPS) is 19.1. The summed E-state index contributed by atoms with van der Waals surface area (Å²) in [7, 11) is 0. The minimum Gasteiger partial charge on any atom is -0.451 e. The molecule has 0 spiro atoms. The first-order chi connectivity index (χ1) is 8.86. The molecular weight excluding hydrogens is 228 g/mol. The minimum atomic E-state index is -0.0462. The standard InChI is InChI=1S/C14H14N2O2/c17-14(12-9-18-10-15-12)16-8-4-7-13(16)11-5-2-1-3-6-11/h1-3,5-6,9-10,13H,4,7-8H2/t13-/m0/s1. The summed E-state index contributed by atoms with van der Waals surface area (Å²) in [5.41, 5.74) is 1.57. The maximum Gasteiger partial charge on any atom is 0.276 e. The number of oxazole rings is 1. The van der Waals surface area contributed by atoms with Gasteiger partial charge >= 0.3 is 0 Å². The van der Waals surface area contributed by atoms with Crippen molar-refractivity contribution in [2.45, 2.75) is 18.9 Å². The molecule has 4 heteroatoms. The second-order valence-electron chi connectivity index (χ2n) is 4.44. The van der Waals surface area contributed by atoms with E-state index in [1.54, 1.807) is 0 Å². The largest absolute Gasteiger partial charge is 0.451 e. The number of aromatic nitrogens is 1. The van der Waals surface area contributed by atoms with Crippen molar-refractivity contribution >= 4 is 5.91 Å². The van der Waals surface area contributed by atoms with Gasteiger partial charge in [0.15, 0.2) is 12.1 Å². The fourth-order valence-electron chi connectivity index (χ4n) is 2.50. The van der Waals surface area contributed by atoms with Gasteiger partial charge in [0.05, 0.1) is 6.04 Å². The first-order valence-electron chi connectivity index (χ1n) is 6.10. The maximum atomic E-state index is 12.3. The van der Waals surface area contributed by atoms with Crippen molar-refractivity contribution in [1.29, 1.82) is 0 Å². The molecule has 2 heterocycles. The Kier molecular flexibility index (Phi) is 2.84. The second-order valence-corrected chi connectivity index (χ2v) is 4.44. The highest BCUT2D eigenvalue weighted by molar-refractivity contribution is 5.92. The monoisotopic (exact) mass is 242 g/mol. The van der Waals surface area contributed by atoms with Crippen molar-refractivity contribution in [3.8, 4) is 0 Å². The summed E-state index contributed by atoms with van der Waals surface area (Å²) >= 11 is 0. The predicted molar refractivity (Wildman–Crippen MR) is 66.0 cm³/mol. The summed E-state index contributed by atoms with van der Waals surface area (Å²) in [5.74, 6) is -0.0462. The SMILES string of the molecule is O=C(c1cocn1)N1CCC[C@H]1c1ccccc1. The average Bonchev–Trinajstić information content (AvgIpc) is 3.10. The van der Waals surface area contributed by atoms with E-state index in [1.165, 1.54) is 18.2 Å². The van der Waals surface area contributed by atoms with Crippen molar-refractivity contribution in [3.05, 3.63) is 54.2 Å². The molecular formula is C14H14N2O2. The lowest BCUT2D eigenvalue weighted by atomic mass is 10.0. The maximum absolute atomic E-state index is 12.3. The van der Waals surface area contributed by atoms with Crippen LogP contribution in [0.15, 0.2) is 47.4 Å². The van der Waals surface area contributed by atoms with Crippen LogP contribution in [-0.2, 0) is 0 Å². The van der Waals surface area contributed by atoms with Crippen LogP contribution in [-0.4, -0.2) is 22.3 Å². The number of carbonyl (C=O) groups excluding carboxylic acids is 1. The molecule has 1 fully saturated rings. The molecule has 1 aromatic carbocycles. The van der Waals surface area contributed by atoms with Gasteiger partial charge in [0.2, 0.25) is 0 Å². The zero-order valence-electron chi connectivity index (χ0n) is 9.95. The Bertz CT molecular complexity index is 522. The topological polar surface area (TPSA) is 46.3 Å². The fraction of sp³-hybridized carbons (Fsp3) is 0.286. The van der Waals surface area contributed by atoms with Gasteiger partial charge in [-0.2, -0.15) is 0 Å². The summed E-state index contributed by atoms with van der Waals surface area (Å²) in [6.07, 6.45) is 4.74. The highest BCUT2D eigenvalue weighted by Gasteiger charge is 2.31. The van der Waals surface area contributed by atoms with E-state index in [2.05, 4.69) is 17.1 Å². The minimum absolute atomic E-state index is 0.0462. The first kappa shape index (κ1) is 11.0. The van der Waals surface area contributed by atoms with Crippen LogP contribution in [0.1, 0.15) is 34.9 Å². The van der Waals surface area contributed by atoms with Gasteiger partial charge in [-0.15, -0.1) is 0 Å². The zero-order valence-corrected chi connectivity index (χ0v) is 9.95. The van der Waals surface area contributed by atoms with Crippen molar-refractivity contribution in [1.82, 2.24) is 9.88 Å². The molecule has 1 amide bonds. The number of carbonyl (C=O) groups is 1. The summed E-state index contributed by atoms with van der Waals surface area (Å²) in [4.78, 5) is 18.1. The Morgan fingerprint density at radius 2 is 2.17 bits per heavy atom. The smallest absolute Gasteiger partial charge is 0.276 e. The number of benzene rings is 1. The molecule has 3 rings (SSSR count). The van der Waals surface area contributed by atoms with E-state index < -0.39 is 0 Å². The summed E-state index contributed by atoms with van der Waals surface area (Å²) in [6, 6.07) is 10.3. The summed E-state index contributed by atoms with van der Waals surface area (Å²) < 4.78 is 4.88. The Morgan fingerprint density at radius 1 is 1.33 bits per heavy atom. The van der Waals surface area contributed by atoms with E-state index >= 15 is 0 Å². The highest BCUT2D eigenvalue weighted by Crippen LogP contribution is 2.32. The Morgan fingerprint density at radius 3 is 2.89 bits per heavy atom. The third-order valence-electron chi connectivity index (χ3n) is 3.35. The third-order valence-corrected chi connectivity index (χ3v) is 3.35. The van der Waals surface area contributed by atoms with Gasteiger partial charge in [-0.25, -0.2) is 4.98 Å². The van der Waals surface area contributed by atoms with Gasteiger partial charge < -0.3 is 9.32 Å². The third kappa shape index (κ3) is 1.90. The second kappa shape index (κ2) is 4.64. The Hall–Kier alpha value is -2.10. The Labute approximate surface area is 105 Å². The van der Waals surface area contributed by atoms with E-state index in [1.807, 2.05) is 23.1 Å². The van der Waals surface area contributed by atoms with E-state index in [0.29, 0.717) is 5.69 Å². The lowest BCUT2D eigenvalue weighted by Crippen LogP contribution is -2.30. The van der Waals surface area contributed by atoms with Crippen LogP contribution in [0.4, 0.5) is 0 Å². The van der Waals surface area contributed by atoms with Crippen LogP contribution in [0.3, 0.4) is 0 Å². The quantitative estimate of drug-likeness (QED) is 0.813. The molecule has 0 bridgehead atoms. The lowest BCUT2D eigenvalue weighted by molar-refractivity contribution is 0.0729. The molecule has 0 saturated carbocycles. The molecule has 2 aromatic rings. The van der Waals surface area contributed by atoms with Crippen LogP contribution in [0.25, 0.3) is 0 Å². The number of amides is 1. The highest BCUT2D eigenvalue weighted by atomic mass is 16.3. The molecule has 1 saturated heterocycles. The lowest BCUT2D eigenvalue weighted by Gasteiger charge is -2.24. The van der Waals surface area contributed by atoms with E-state index in [0.717, 1.165) is 19.4 Å². The van der Waals surface area contributed by atoms with E-state index in [9.17, 15) is 4.79 Å². The number of rotatable bonds is 2. The van der Waals surface area contributed by atoms with Crippen LogP contribution in [0, 0.1) is 0 Å². The molecule has 0 N–H and O–H groups in total. The number of hydrogen-bond donors (Lipinski definition) is 0. The molecule has 0 radical (unpaired) electrons. The Balaban J connectivity index is 1.86. The van der Waals surface area contributed by atoms with Crippen LogP contribution in [0.2, 0.25) is 0 Å². The van der Waals surface area contributed by atoms with Crippen molar-refractivity contribution < 1.29 is 9.21 Å². The molecule has 4 nitrogen and oxygen atoms in total. The first-order valence-corrected chi connectivity index (χ1v) is 6.10. The molecule has 1 aliphatic rings. The van der Waals surface area contributed by atoms with Gasteiger partial charge in [-0.05, 0) is 18.4 Å². The molecule has 1 atom stereocenters. The number of hydrogen-bond acceptors (Lipinski definition) is 3. The fourth-order valence-corrected chi connectivity index (χ4v) is 2.50. The van der Waals surface area contributed by atoms with Crippen molar-refractivity contribution in [3.63, 3.8) is 0 Å². The van der Waals surface area contributed by atoms with Gasteiger partial charge in [0.1, 0.15) is 6.26 Å². The van der Waals surface area contributed by atoms with Crippen molar-refractivity contribution in [2.24, 2.45) is 0 Å². The van der Waals surface area contributed by atoms with E-state index in [4.69, 9.17) is 4.42 Å². The van der Waals surface area contributed by atoms with E-state index in [-0.39, 0.29) is 11.9 Å². The molecule has 0 aliphatic carbocycles. The predicted octanol–water partition coefficient (Wildman–Crippen LogP) is 2.65. The number of nitrogens with zero attached hydrogens (tertiary/aromatic N) is 2. The molecule has 18 heavy (non-hydrogen) atoms. The van der Waals surface area contributed by atoms with Crippen LogP contribution in [0.5, 0.6) is 0 Å².